The minimum Gasteiger partial charge on any atom is -0.870 e. The summed E-state index contributed by atoms with van der Waals surface area (Å²) in [6.07, 6.45) is -0.0998. The second-order valence-electron chi connectivity index (χ2n) is 5.07. The van der Waals surface area contributed by atoms with Gasteiger partial charge in [0.05, 0.1) is 6.42 Å². The highest BCUT2D eigenvalue weighted by Gasteiger charge is 2.03. The quantitative estimate of drug-likeness (QED) is 0.742. The number of halogens is 1. The summed E-state index contributed by atoms with van der Waals surface area (Å²) >= 11 is 3.37. The number of carbonyl (C=O) groups excluding carboxylic acids is 1. The highest BCUT2D eigenvalue weighted by atomic mass is 79.9. The summed E-state index contributed by atoms with van der Waals surface area (Å²) in [5, 5.41) is 14.0. The first-order chi connectivity index (χ1) is 10.5. The summed E-state index contributed by atoms with van der Waals surface area (Å²) in [4.78, 5) is 11.9. The van der Waals surface area contributed by atoms with Crippen molar-refractivity contribution in [2.45, 2.75) is 19.1 Å². The predicted octanol–water partition coefficient (Wildman–Crippen LogP) is 1.49. The lowest BCUT2D eigenvalue weighted by atomic mass is 10.1. The molecule has 5 nitrogen and oxygen atoms in total. The van der Waals surface area contributed by atoms with Crippen molar-refractivity contribution >= 4 is 21.8 Å². The van der Waals surface area contributed by atoms with Crippen LogP contribution in [0.1, 0.15) is 22.9 Å². The molecule has 0 aliphatic heterocycles. The topological polar surface area (TPSA) is 108 Å². The number of hydrogen-bond donors (Lipinski definition) is 2. The normalized spacial score (nSPS) is 11.4. The van der Waals surface area contributed by atoms with Crippen molar-refractivity contribution in [2.24, 2.45) is 5.73 Å². The van der Waals surface area contributed by atoms with E-state index in [1.165, 1.54) is 0 Å². The van der Waals surface area contributed by atoms with Crippen molar-refractivity contribution in [1.82, 2.24) is 5.32 Å². The molecule has 1 amide bonds. The minimum atomic E-state index is -1.19. The van der Waals surface area contributed by atoms with Crippen LogP contribution < -0.4 is 16.2 Å². The maximum atomic E-state index is 11.9. The first-order valence-electron chi connectivity index (χ1n) is 7.06. The molecule has 0 saturated carbocycles. The zero-order valence-electron chi connectivity index (χ0n) is 12.5. The van der Waals surface area contributed by atoms with Crippen molar-refractivity contribution in [2.75, 3.05) is 6.54 Å². The lowest BCUT2D eigenvalue weighted by molar-refractivity contribution is -0.424. The molecule has 0 heterocycles. The third-order valence-corrected chi connectivity index (χ3v) is 3.85. The third kappa shape index (κ3) is 6.50. The Labute approximate surface area is 144 Å². The maximum Gasteiger partial charge on any atom is 0.224 e. The standard InChI is InChI=1S/C17H18BrN2O2.H2O/c18-15-7-3-13(4-8-15)11-16(21)20-10-9-12-1-5-14(6-2-12)17(19)22;/h1-8,17H,9-11,19H2,(H,20,21);1H2/q-1;/p-1. The van der Waals surface area contributed by atoms with Crippen molar-refractivity contribution < 1.29 is 15.4 Å². The fraction of sp³-hybridized carbons (Fsp3) is 0.235. The molecule has 0 spiro atoms. The fourth-order valence-corrected chi connectivity index (χ4v) is 2.33. The molecule has 124 valence electrons. The minimum absolute atomic E-state index is 0. The van der Waals surface area contributed by atoms with Crippen LogP contribution in [-0.4, -0.2) is 17.9 Å². The summed E-state index contributed by atoms with van der Waals surface area (Å²) in [7, 11) is 0. The molecule has 0 aromatic heterocycles. The van der Waals surface area contributed by atoms with E-state index in [4.69, 9.17) is 5.73 Å². The van der Waals surface area contributed by atoms with Gasteiger partial charge < -0.3 is 21.6 Å². The number of benzene rings is 2. The van der Waals surface area contributed by atoms with Crippen LogP contribution in [0.5, 0.6) is 0 Å². The van der Waals surface area contributed by atoms with Gasteiger partial charge in [0.25, 0.3) is 0 Å². The first kappa shape index (κ1) is 19.3. The molecule has 2 aromatic carbocycles. The number of amides is 1. The Kier molecular flexibility index (Phi) is 7.91. The molecule has 1 atom stereocenters. The van der Waals surface area contributed by atoms with Crippen molar-refractivity contribution in [3.63, 3.8) is 0 Å². The van der Waals surface area contributed by atoms with Crippen molar-refractivity contribution in [3.8, 4) is 0 Å². The van der Waals surface area contributed by atoms with Gasteiger partial charge in [0.2, 0.25) is 5.91 Å². The molecule has 6 heteroatoms. The molecule has 0 fully saturated rings. The lowest BCUT2D eigenvalue weighted by Crippen LogP contribution is -2.27. The molecule has 4 N–H and O–H groups in total. The van der Waals surface area contributed by atoms with Gasteiger partial charge >= 0.3 is 0 Å². The number of nitrogens with two attached hydrogens (primary N) is 1. The first-order valence-corrected chi connectivity index (χ1v) is 7.85. The van der Waals surface area contributed by atoms with Crippen LogP contribution in [0.2, 0.25) is 0 Å². The molecule has 1 unspecified atom stereocenters. The van der Waals surface area contributed by atoms with Crippen LogP contribution in [0.25, 0.3) is 0 Å². The van der Waals surface area contributed by atoms with Crippen LogP contribution in [0.15, 0.2) is 53.0 Å². The molecular weight excluding hydrogens is 360 g/mol. The summed E-state index contributed by atoms with van der Waals surface area (Å²) in [6, 6.07) is 14.9. The molecule has 0 radical (unpaired) electrons. The number of nitrogens with one attached hydrogen (secondary N) is 1. The Hall–Kier alpha value is -1.73. The van der Waals surface area contributed by atoms with Gasteiger partial charge in [-0.25, -0.2) is 0 Å². The van der Waals surface area contributed by atoms with Gasteiger partial charge in [-0.15, -0.1) is 0 Å². The Morgan fingerprint density at radius 1 is 1.09 bits per heavy atom. The zero-order valence-corrected chi connectivity index (χ0v) is 14.1. The largest absolute Gasteiger partial charge is 0.870 e. The van der Waals surface area contributed by atoms with Gasteiger partial charge in [-0.1, -0.05) is 58.6 Å². The fourth-order valence-electron chi connectivity index (χ4n) is 2.07. The second-order valence-corrected chi connectivity index (χ2v) is 5.98. The van der Waals surface area contributed by atoms with Gasteiger partial charge in [0.15, 0.2) is 0 Å². The number of rotatable bonds is 6. The molecule has 2 rings (SSSR count). The van der Waals surface area contributed by atoms with Gasteiger partial charge in [-0.2, -0.15) is 0 Å². The van der Waals surface area contributed by atoms with E-state index in [0.717, 1.165) is 22.0 Å². The Morgan fingerprint density at radius 3 is 2.22 bits per heavy atom. The SMILES string of the molecule is NC([O-])c1ccc(CCNC(=O)Cc2ccc(Br)cc2)cc1.[OH-]. The predicted molar refractivity (Wildman–Crippen MR) is 89.9 cm³/mol. The summed E-state index contributed by atoms with van der Waals surface area (Å²) < 4.78 is 0.998. The van der Waals surface area contributed by atoms with E-state index >= 15 is 0 Å². The van der Waals surface area contributed by atoms with E-state index in [2.05, 4.69) is 21.2 Å². The van der Waals surface area contributed by atoms with Crippen LogP contribution in [0.3, 0.4) is 0 Å². The van der Waals surface area contributed by atoms with E-state index < -0.39 is 6.23 Å². The average molecular weight is 379 g/mol. The molecule has 23 heavy (non-hydrogen) atoms. The van der Waals surface area contributed by atoms with E-state index in [0.29, 0.717) is 18.5 Å². The molecular formula is C17H19BrN2O3-2. The summed E-state index contributed by atoms with van der Waals surface area (Å²) in [5.74, 6) is 0.000484. The highest BCUT2D eigenvalue weighted by Crippen LogP contribution is 2.11. The number of carbonyl (C=O) groups is 1. The van der Waals surface area contributed by atoms with Gasteiger partial charge in [-0.05, 0) is 35.2 Å². The molecule has 2 aromatic rings. The Balaban J connectivity index is 0.00000264. The second kappa shape index (κ2) is 9.42. The Bertz CT molecular complexity index is 613. The van der Waals surface area contributed by atoms with Gasteiger partial charge in [0, 0.05) is 11.0 Å². The van der Waals surface area contributed by atoms with Crippen LogP contribution in [0, 0.1) is 0 Å². The lowest BCUT2D eigenvalue weighted by Gasteiger charge is -2.16. The van der Waals surface area contributed by atoms with Gasteiger partial charge in [-0.3, -0.25) is 4.79 Å². The van der Waals surface area contributed by atoms with E-state index in [-0.39, 0.29) is 11.4 Å². The van der Waals surface area contributed by atoms with E-state index in [9.17, 15) is 9.90 Å². The maximum absolute atomic E-state index is 11.9. The zero-order chi connectivity index (χ0) is 15.9. The smallest absolute Gasteiger partial charge is 0.224 e. The molecule has 0 aliphatic carbocycles. The third-order valence-electron chi connectivity index (χ3n) is 3.32. The van der Waals surface area contributed by atoms with Crippen molar-refractivity contribution in [3.05, 3.63) is 69.7 Å². The van der Waals surface area contributed by atoms with Crippen LogP contribution in [0.4, 0.5) is 0 Å². The highest BCUT2D eigenvalue weighted by molar-refractivity contribution is 9.10. The molecule has 0 bridgehead atoms. The number of hydrogen-bond acceptors (Lipinski definition) is 4. The summed E-state index contributed by atoms with van der Waals surface area (Å²) in [5.41, 5.74) is 7.89. The Morgan fingerprint density at radius 2 is 1.65 bits per heavy atom. The summed E-state index contributed by atoms with van der Waals surface area (Å²) in [6.45, 7) is 0.568. The molecule has 0 aliphatic rings. The van der Waals surface area contributed by atoms with Crippen LogP contribution in [-0.2, 0) is 17.6 Å². The van der Waals surface area contributed by atoms with E-state index in [1.54, 1.807) is 12.1 Å². The van der Waals surface area contributed by atoms with Crippen molar-refractivity contribution in [1.29, 1.82) is 0 Å². The van der Waals surface area contributed by atoms with Crippen LogP contribution >= 0.6 is 15.9 Å². The van der Waals surface area contributed by atoms with E-state index in [1.807, 2.05) is 36.4 Å². The average Bonchev–Trinajstić information content (AvgIpc) is 2.50. The molecule has 0 saturated heterocycles. The monoisotopic (exact) mass is 378 g/mol. The van der Waals surface area contributed by atoms with Gasteiger partial charge in [0.1, 0.15) is 0 Å².